The van der Waals surface area contributed by atoms with Gasteiger partial charge in [0.15, 0.2) is 0 Å². The highest BCUT2D eigenvalue weighted by molar-refractivity contribution is 6.30. The smallest absolute Gasteiger partial charge is 0.275 e. The molecule has 3 aromatic rings. The van der Waals surface area contributed by atoms with Crippen LogP contribution in [0.3, 0.4) is 0 Å². The predicted molar refractivity (Wildman–Crippen MR) is 101 cm³/mol. The number of hydrogen-bond donors (Lipinski definition) is 2. The zero-order valence-corrected chi connectivity index (χ0v) is 14.6. The Morgan fingerprint density at radius 1 is 1.00 bits per heavy atom. The first-order chi connectivity index (χ1) is 12.0. The molecule has 0 aliphatic carbocycles. The van der Waals surface area contributed by atoms with Crippen molar-refractivity contribution in [3.63, 3.8) is 0 Å². The number of hydrogen-bond acceptors (Lipinski definition) is 4. The van der Waals surface area contributed by atoms with Crippen molar-refractivity contribution >= 4 is 34.7 Å². The topological polar surface area (TPSA) is 66.9 Å². The Morgan fingerprint density at radius 2 is 1.76 bits per heavy atom. The molecule has 2 aromatic carbocycles. The maximum absolute atomic E-state index is 12.2. The highest BCUT2D eigenvalue weighted by Gasteiger charge is 2.09. The van der Waals surface area contributed by atoms with E-state index in [4.69, 9.17) is 11.6 Å². The Balaban J connectivity index is 1.70. The van der Waals surface area contributed by atoms with Gasteiger partial charge in [0.05, 0.1) is 12.4 Å². The molecule has 0 saturated heterocycles. The molecule has 126 valence electrons. The van der Waals surface area contributed by atoms with Crippen molar-refractivity contribution in [3.8, 4) is 0 Å². The van der Waals surface area contributed by atoms with Crippen molar-refractivity contribution < 1.29 is 4.79 Å². The summed E-state index contributed by atoms with van der Waals surface area (Å²) in [5.74, 6) is 0.235. The number of carbonyl (C=O) groups excluding carboxylic acids is 1. The van der Waals surface area contributed by atoms with Gasteiger partial charge in [0, 0.05) is 16.4 Å². The third kappa shape index (κ3) is 4.33. The van der Waals surface area contributed by atoms with Crippen LogP contribution in [-0.4, -0.2) is 15.9 Å². The third-order valence-corrected chi connectivity index (χ3v) is 3.89. The van der Waals surface area contributed by atoms with Gasteiger partial charge in [-0.15, -0.1) is 0 Å². The zero-order chi connectivity index (χ0) is 17.8. The second-order valence-electron chi connectivity index (χ2n) is 5.69. The van der Waals surface area contributed by atoms with Gasteiger partial charge in [-0.2, -0.15) is 0 Å². The summed E-state index contributed by atoms with van der Waals surface area (Å²) in [5.41, 5.74) is 3.97. The first kappa shape index (κ1) is 16.9. The maximum atomic E-state index is 12.2. The number of aryl methyl sites for hydroxylation is 2. The summed E-state index contributed by atoms with van der Waals surface area (Å²) >= 11 is 6.01. The number of halogens is 1. The molecule has 0 aliphatic heterocycles. The molecular formula is C19H17ClN4O. The first-order valence-electron chi connectivity index (χ1n) is 7.74. The van der Waals surface area contributed by atoms with Crippen LogP contribution in [0.25, 0.3) is 0 Å². The van der Waals surface area contributed by atoms with Gasteiger partial charge in [0.1, 0.15) is 11.5 Å². The minimum atomic E-state index is -0.304. The summed E-state index contributed by atoms with van der Waals surface area (Å²) in [4.78, 5) is 20.6. The van der Waals surface area contributed by atoms with E-state index in [0.29, 0.717) is 16.5 Å². The molecule has 0 unspecified atom stereocenters. The molecular weight excluding hydrogens is 336 g/mol. The van der Waals surface area contributed by atoms with E-state index in [1.807, 2.05) is 56.3 Å². The summed E-state index contributed by atoms with van der Waals surface area (Å²) in [6, 6.07) is 13.1. The molecule has 0 saturated carbocycles. The highest BCUT2D eigenvalue weighted by atomic mass is 35.5. The lowest BCUT2D eigenvalue weighted by atomic mass is 10.2. The molecule has 0 fully saturated rings. The molecule has 0 bridgehead atoms. The predicted octanol–water partition coefficient (Wildman–Crippen LogP) is 4.74. The van der Waals surface area contributed by atoms with E-state index in [2.05, 4.69) is 20.6 Å². The van der Waals surface area contributed by atoms with Crippen molar-refractivity contribution in [2.75, 3.05) is 10.6 Å². The minimum Gasteiger partial charge on any atom is -0.339 e. The largest absolute Gasteiger partial charge is 0.339 e. The lowest BCUT2D eigenvalue weighted by molar-refractivity contribution is 0.102. The Hall–Kier alpha value is -2.92. The van der Waals surface area contributed by atoms with E-state index in [-0.39, 0.29) is 11.6 Å². The molecule has 1 aromatic heterocycles. The lowest BCUT2D eigenvalue weighted by Gasteiger charge is -2.09. The van der Waals surface area contributed by atoms with Gasteiger partial charge in [-0.25, -0.2) is 9.97 Å². The molecule has 1 amide bonds. The minimum absolute atomic E-state index is 0.244. The monoisotopic (exact) mass is 352 g/mol. The standard InChI is InChI=1S/C19H17ClN4O/c1-12-3-7-15(8-4-12)23-19(25)17-10-22-18(11-21-17)24-16-9-14(20)6-5-13(16)2/h3-11H,1-2H3,(H,22,24)(H,23,25). The summed E-state index contributed by atoms with van der Waals surface area (Å²) in [6.07, 6.45) is 2.95. The van der Waals surface area contributed by atoms with E-state index >= 15 is 0 Å². The molecule has 5 nitrogen and oxygen atoms in total. The van der Waals surface area contributed by atoms with Crippen LogP contribution in [0.5, 0.6) is 0 Å². The van der Waals surface area contributed by atoms with Crippen LogP contribution in [0.1, 0.15) is 21.6 Å². The summed E-state index contributed by atoms with van der Waals surface area (Å²) in [7, 11) is 0. The molecule has 0 atom stereocenters. The van der Waals surface area contributed by atoms with Gasteiger partial charge < -0.3 is 10.6 Å². The molecule has 25 heavy (non-hydrogen) atoms. The van der Waals surface area contributed by atoms with Crippen LogP contribution < -0.4 is 10.6 Å². The van der Waals surface area contributed by atoms with Crippen LogP contribution in [0.15, 0.2) is 54.9 Å². The Bertz CT molecular complexity index is 892. The van der Waals surface area contributed by atoms with Crippen LogP contribution in [0, 0.1) is 13.8 Å². The SMILES string of the molecule is Cc1ccc(NC(=O)c2cnc(Nc3cc(Cl)ccc3C)cn2)cc1. The van der Waals surface area contributed by atoms with Gasteiger partial charge in [-0.1, -0.05) is 35.4 Å². The number of carbonyl (C=O) groups is 1. The van der Waals surface area contributed by atoms with Crippen LogP contribution in [-0.2, 0) is 0 Å². The fourth-order valence-corrected chi connectivity index (χ4v) is 2.38. The third-order valence-electron chi connectivity index (χ3n) is 3.66. The average molecular weight is 353 g/mol. The van der Waals surface area contributed by atoms with Crippen LogP contribution in [0.2, 0.25) is 5.02 Å². The molecule has 3 rings (SSSR count). The number of aromatic nitrogens is 2. The number of nitrogens with zero attached hydrogens (tertiary/aromatic N) is 2. The maximum Gasteiger partial charge on any atom is 0.275 e. The number of nitrogens with one attached hydrogen (secondary N) is 2. The fourth-order valence-electron chi connectivity index (χ4n) is 2.21. The second kappa shape index (κ2) is 7.32. The molecule has 1 heterocycles. The van der Waals surface area contributed by atoms with Gasteiger partial charge in [-0.05, 0) is 43.7 Å². The summed E-state index contributed by atoms with van der Waals surface area (Å²) in [6.45, 7) is 3.96. The van der Waals surface area contributed by atoms with Gasteiger partial charge in [-0.3, -0.25) is 4.79 Å². The van der Waals surface area contributed by atoms with Crippen molar-refractivity contribution in [3.05, 3.63) is 76.7 Å². The van der Waals surface area contributed by atoms with Gasteiger partial charge >= 0.3 is 0 Å². The normalized spacial score (nSPS) is 10.4. The highest BCUT2D eigenvalue weighted by Crippen LogP contribution is 2.23. The van der Waals surface area contributed by atoms with E-state index in [9.17, 15) is 4.79 Å². The average Bonchev–Trinajstić information content (AvgIpc) is 2.61. The Labute approximate surface area is 151 Å². The number of benzene rings is 2. The van der Waals surface area contributed by atoms with E-state index in [1.165, 1.54) is 12.4 Å². The van der Waals surface area contributed by atoms with Crippen LogP contribution >= 0.6 is 11.6 Å². The van der Waals surface area contributed by atoms with Crippen molar-refractivity contribution in [1.82, 2.24) is 9.97 Å². The molecule has 6 heteroatoms. The van der Waals surface area contributed by atoms with Crippen LogP contribution in [0.4, 0.5) is 17.2 Å². The number of amides is 1. The van der Waals surface area contributed by atoms with Crippen molar-refractivity contribution in [2.24, 2.45) is 0 Å². The molecule has 0 spiro atoms. The first-order valence-corrected chi connectivity index (χ1v) is 8.12. The zero-order valence-electron chi connectivity index (χ0n) is 13.9. The molecule has 0 radical (unpaired) electrons. The van der Waals surface area contributed by atoms with Crippen molar-refractivity contribution in [1.29, 1.82) is 0 Å². The molecule has 0 aliphatic rings. The summed E-state index contributed by atoms with van der Waals surface area (Å²) < 4.78 is 0. The van der Waals surface area contributed by atoms with E-state index in [0.717, 1.165) is 16.8 Å². The van der Waals surface area contributed by atoms with Crippen molar-refractivity contribution in [2.45, 2.75) is 13.8 Å². The number of rotatable bonds is 4. The fraction of sp³-hybridized carbons (Fsp3) is 0.105. The number of anilines is 3. The quantitative estimate of drug-likeness (QED) is 0.711. The summed E-state index contributed by atoms with van der Waals surface area (Å²) in [5, 5.41) is 6.57. The molecule has 2 N–H and O–H groups in total. The van der Waals surface area contributed by atoms with Gasteiger partial charge in [0.25, 0.3) is 5.91 Å². The van der Waals surface area contributed by atoms with E-state index < -0.39 is 0 Å². The van der Waals surface area contributed by atoms with Gasteiger partial charge in [0.2, 0.25) is 0 Å². The second-order valence-corrected chi connectivity index (χ2v) is 6.13. The lowest BCUT2D eigenvalue weighted by Crippen LogP contribution is -2.14. The Morgan fingerprint density at radius 3 is 2.44 bits per heavy atom. The van der Waals surface area contributed by atoms with E-state index in [1.54, 1.807) is 0 Å². The Kier molecular flexibility index (Phi) is 4.95.